The molecular weight excluding hydrogens is 196 g/mol. The first-order chi connectivity index (χ1) is 7.33. The molecule has 0 spiro atoms. The van der Waals surface area contributed by atoms with E-state index in [1.165, 1.54) is 6.08 Å². The van der Waals surface area contributed by atoms with E-state index in [0.717, 1.165) is 17.7 Å². The summed E-state index contributed by atoms with van der Waals surface area (Å²) in [6.45, 7) is 4.75. The molecule has 0 aromatic carbocycles. The molecule has 0 unspecified atom stereocenters. The van der Waals surface area contributed by atoms with Crippen molar-refractivity contribution in [3.05, 3.63) is 29.6 Å². The number of carbonyl (C=O) groups is 1. The highest BCUT2D eigenvalue weighted by Crippen LogP contribution is 2.18. The molecule has 0 saturated carbocycles. The van der Waals surface area contributed by atoms with Gasteiger partial charge in [-0.1, -0.05) is 12.7 Å². The van der Waals surface area contributed by atoms with Crippen molar-refractivity contribution < 1.29 is 14.3 Å². The Kier molecular flexibility index (Phi) is 2.82. The molecule has 1 aromatic rings. The summed E-state index contributed by atoms with van der Waals surface area (Å²) in [5.41, 5.74) is 2.11. The van der Waals surface area contributed by atoms with E-state index in [1.54, 1.807) is 0 Å². The quantitative estimate of drug-likeness (QED) is 0.590. The van der Waals surface area contributed by atoms with E-state index in [0.29, 0.717) is 18.9 Å². The van der Waals surface area contributed by atoms with Crippen molar-refractivity contribution in [3.8, 4) is 0 Å². The maximum absolute atomic E-state index is 11.5. The van der Waals surface area contributed by atoms with Crippen LogP contribution in [-0.4, -0.2) is 29.4 Å². The topological polar surface area (TPSA) is 64.2 Å². The van der Waals surface area contributed by atoms with Crippen molar-refractivity contribution in [2.24, 2.45) is 0 Å². The molecule has 2 rings (SSSR count). The summed E-state index contributed by atoms with van der Waals surface area (Å²) in [5.74, 6) is -0.432. The Hall–Kier alpha value is -1.62. The van der Waals surface area contributed by atoms with Crippen LogP contribution in [-0.2, 0) is 22.5 Å². The number of hydrogen-bond donors (Lipinski definition) is 1. The van der Waals surface area contributed by atoms with E-state index in [-0.39, 0.29) is 6.61 Å². The number of aromatic amines is 1. The van der Waals surface area contributed by atoms with Gasteiger partial charge in [0.05, 0.1) is 13.2 Å². The fraction of sp³-hybridized carbons (Fsp3) is 0.400. The summed E-state index contributed by atoms with van der Waals surface area (Å²) < 4.78 is 10.2. The smallest absolute Gasteiger partial charge is 0.359 e. The van der Waals surface area contributed by atoms with Gasteiger partial charge < -0.3 is 9.47 Å². The second-order valence-electron chi connectivity index (χ2n) is 3.22. The lowest BCUT2D eigenvalue weighted by Crippen LogP contribution is -2.13. The van der Waals surface area contributed by atoms with Crippen LogP contribution in [0, 0.1) is 0 Å². The lowest BCUT2D eigenvalue weighted by atomic mass is 10.1. The van der Waals surface area contributed by atoms with E-state index in [4.69, 9.17) is 9.47 Å². The van der Waals surface area contributed by atoms with Crippen molar-refractivity contribution in [1.82, 2.24) is 10.2 Å². The normalized spacial score (nSPS) is 14.4. The highest BCUT2D eigenvalue weighted by atomic mass is 16.5. The van der Waals surface area contributed by atoms with Gasteiger partial charge in [0.25, 0.3) is 0 Å². The second-order valence-corrected chi connectivity index (χ2v) is 3.22. The summed E-state index contributed by atoms with van der Waals surface area (Å²) in [6, 6.07) is 0. The number of fused-ring (bicyclic) bond motifs is 1. The first kappa shape index (κ1) is 9.92. The number of rotatable bonds is 3. The van der Waals surface area contributed by atoms with Crippen molar-refractivity contribution in [3.63, 3.8) is 0 Å². The van der Waals surface area contributed by atoms with Gasteiger partial charge in [-0.2, -0.15) is 5.10 Å². The molecule has 1 aliphatic heterocycles. The molecule has 0 aliphatic carbocycles. The van der Waals surface area contributed by atoms with Gasteiger partial charge in [-0.25, -0.2) is 4.79 Å². The molecule has 0 bridgehead atoms. The predicted octanol–water partition coefficient (Wildman–Crippen LogP) is 0.825. The molecule has 5 heteroatoms. The Labute approximate surface area is 87.1 Å². The van der Waals surface area contributed by atoms with E-state index >= 15 is 0 Å². The number of nitrogens with one attached hydrogen (secondary N) is 1. The largest absolute Gasteiger partial charge is 0.457 e. The predicted molar refractivity (Wildman–Crippen MR) is 52.4 cm³/mol. The third-order valence-corrected chi connectivity index (χ3v) is 2.22. The van der Waals surface area contributed by atoms with Gasteiger partial charge in [-0.05, 0) is 0 Å². The number of carbonyl (C=O) groups excluding carboxylic acids is 1. The minimum absolute atomic E-state index is 0.196. The average molecular weight is 208 g/mol. The zero-order valence-corrected chi connectivity index (χ0v) is 8.28. The minimum Gasteiger partial charge on any atom is -0.457 e. The number of esters is 1. The zero-order chi connectivity index (χ0) is 10.7. The molecule has 15 heavy (non-hydrogen) atoms. The molecule has 80 valence electrons. The average Bonchev–Trinajstić information content (AvgIpc) is 2.69. The minimum atomic E-state index is -0.432. The Morgan fingerprint density at radius 2 is 2.60 bits per heavy atom. The molecule has 0 amide bonds. The zero-order valence-electron chi connectivity index (χ0n) is 8.28. The third kappa shape index (κ3) is 1.92. The van der Waals surface area contributed by atoms with Crippen molar-refractivity contribution in [2.45, 2.75) is 13.0 Å². The number of aromatic nitrogens is 2. The highest BCUT2D eigenvalue weighted by Gasteiger charge is 2.22. The lowest BCUT2D eigenvalue weighted by molar-refractivity contribution is 0.0532. The summed E-state index contributed by atoms with van der Waals surface area (Å²) >= 11 is 0. The van der Waals surface area contributed by atoms with Gasteiger partial charge in [-0.15, -0.1) is 0 Å². The first-order valence-electron chi connectivity index (χ1n) is 4.75. The van der Waals surface area contributed by atoms with E-state index in [9.17, 15) is 4.79 Å². The van der Waals surface area contributed by atoms with Crippen LogP contribution in [0.25, 0.3) is 0 Å². The van der Waals surface area contributed by atoms with Crippen molar-refractivity contribution >= 4 is 5.97 Å². The standard InChI is InChI=1S/C10H12N2O3/c1-2-4-15-10(13)9-7-6-14-5-3-8(7)11-12-9/h2H,1,3-6H2,(H,11,12). The van der Waals surface area contributed by atoms with Crippen LogP contribution < -0.4 is 0 Å². The highest BCUT2D eigenvalue weighted by molar-refractivity contribution is 5.89. The lowest BCUT2D eigenvalue weighted by Gasteiger charge is -2.11. The molecule has 2 heterocycles. The molecule has 0 atom stereocenters. The van der Waals surface area contributed by atoms with Crippen LogP contribution in [0.4, 0.5) is 0 Å². The van der Waals surface area contributed by atoms with Gasteiger partial charge in [0.15, 0.2) is 5.69 Å². The first-order valence-corrected chi connectivity index (χ1v) is 4.75. The van der Waals surface area contributed by atoms with Crippen molar-refractivity contribution in [1.29, 1.82) is 0 Å². The molecule has 1 N–H and O–H groups in total. The molecule has 1 aromatic heterocycles. The molecule has 0 fully saturated rings. The van der Waals surface area contributed by atoms with Crippen LogP contribution in [0.2, 0.25) is 0 Å². The molecule has 5 nitrogen and oxygen atoms in total. The van der Waals surface area contributed by atoms with Crippen LogP contribution >= 0.6 is 0 Å². The number of hydrogen-bond acceptors (Lipinski definition) is 4. The fourth-order valence-electron chi connectivity index (χ4n) is 1.48. The summed E-state index contributed by atoms with van der Waals surface area (Å²) in [5, 5.41) is 6.76. The van der Waals surface area contributed by atoms with Crippen LogP contribution in [0.1, 0.15) is 21.7 Å². The Balaban J connectivity index is 2.17. The summed E-state index contributed by atoms with van der Waals surface area (Å²) in [7, 11) is 0. The van der Waals surface area contributed by atoms with E-state index in [1.807, 2.05) is 0 Å². The third-order valence-electron chi connectivity index (χ3n) is 2.22. The number of ether oxygens (including phenoxy) is 2. The maximum Gasteiger partial charge on any atom is 0.359 e. The van der Waals surface area contributed by atoms with E-state index < -0.39 is 5.97 Å². The van der Waals surface area contributed by atoms with Gasteiger partial charge in [-0.3, -0.25) is 5.10 Å². The monoisotopic (exact) mass is 208 g/mol. The van der Waals surface area contributed by atoms with Gasteiger partial charge in [0.2, 0.25) is 0 Å². The van der Waals surface area contributed by atoms with Crippen LogP contribution in [0.3, 0.4) is 0 Å². The van der Waals surface area contributed by atoms with Gasteiger partial charge in [0.1, 0.15) is 6.61 Å². The fourth-order valence-corrected chi connectivity index (χ4v) is 1.48. The number of nitrogens with zero attached hydrogens (tertiary/aromatic N) is 1. The van der Waals surface area contributed by atoms with E-state index in [2.05, 4.69) is 16.8 Å². The van der Waals surface area contributed by atoms with Crippen molar-refractivity contribution in [2.75, 3.05) is 13.2 Å². The number of H-pyrrole nitrogens is 1. The van der Waals surface area contributed by atoms with Gasteiger partial charge >= 0.3 is 5.97 Å². The second kappa shape index (κ2) is 4.27. The summed E-state index contributed by atoms with van der Waals surface area (Å²) in [6.07, 6.45) is 2.28. The molecule has 0 radical (unpaired) electrons. The molecular formula is C10H12N2O3. The SMILES string of the molecule is C=CCOC(=O)c1n[nH]c2c1COCC2. The van der Waals surface area contributed by atoms with Gasteiger partial charge in [0, 0.05) is 17.7 Å². The Bertz CT molecular complexity index is 384. The molecule has 0 saturated heterocycles. The summed E-state index contributed by atoms with van der Waals surface area (Å²) in [4.78, 5) is 11.5. The van der Waals surface area contributed by atoms with Crippen LogP contribution in [0.5, 0.6) is 0 Å². The Morgan fingerprint density at radius 1 is 1.73 bits per heavy atom. The maximum atomic E-state index is 11.5. The van der Waals surface area contributed by atoms with Crippen LogP contribution in [0.15, 0.2) is 12.7 Å². The Morgan fingerprint density at radius 3 is 3.40 bits per heavy atom. The molecule has 1 aliphatic rings.